The second-order valence-corrected chi connectivity index (χ2v) is 3.91. The lowest BCUT2D eigenvalue weighted by Crippen LogP contribution is -2.29. The van der Waals surface area contributed by atoms with Crippen LogP contribution >= 0.6 is 0 Å². The summed E-state index contributed by atoms with van der Waals surface area (Å²) in [6.07, 6.45) is 0. The Morgan fingerprint density at radius 2 is 2.06 bits per heavy atom. The molecule has 88 valence electrons. The average Bonchev–Trinajstić information content (AvgIpc) is 2.28. The minimum atomic E-state index is 0.615. The predicted octanol–water partition coefficient (Wildman–Crippen LogP) is 1.41. The number of aryl methyl sites for hydroxylation is 1. The van der Waals surface area contributed by atoms with Gasteiger partial charge in [-0.15, -0.1) is 0 Å². The summed E-state index contributed by atoms with van der Waals surface area (Å²) in [4.78, 5) is 0. The van der Waals surface area contributed by atoms with Crippen LogP contribution in [0, 0.1) is 13.8 Å². The highest BCUT2D eigenvalue weighted by atomic mass is 15.1. The second-order valence-electron chi connectivity index (χ2n) is 3.91. The van der Waals surface area contributed by atoms with Crippen molar-refractivity contribution in [1.29, 1.82) is 0 Å². The third-order valence-electron chi connectivity index (χ3n) is 2.69. The van der Waals surface area contributed by atoms with Gasteiger partial charge in [-0.2, -0.15) is 0 Å². The first-order valence-electron chi connectivity index (χ1n) is 5.57. The van der Waals surface area contributed by atoms with Gasteiger partial charge in [0.25, 0.3) is 0 Å². The van der Waals surface area contributed by atoms with Crippen molar-refractivity contribution in [2.24, 2.45) is 5.73 Å². The summed E-state index contributed by atoms with van der Waals surface area (Å²) in [6, 6.07) is 6.33. The number of rotatable bonds is 6. The molecule has 3 nitrogen and oxygen atoms in total. The van der Waals surface area contributed by atoms with Crippen molar-refractivity contribution in [2.75, 3.05) is 13.1 Å². The Kier molecular flexibility index (Phi) is 4.86. The molecule has 0 saturated heterocycles. The van der Waals surface area contributed by atoms with E-state index in [2.05, 4.69) is 49.3 Å². The van der Waals surface area contributed by atoms with Crippen LogP contribution in [0.25, 0.3) is 0 Å². The lowest BCUT2D eigenvalue weighted by atomic mass is 10.0. The van der Waals surface area contributed by atoms with Crippen LogP contribution in [0.15, 0.2) is 30.6 Å². The van der Waals surface area contributed by atoms with Crippen LogP contribution in [-0.2, 0) is 6.54 Å². The first-order valence-corrected chi connectivity index (χ1v) is 5.57. The van der Waals surface area contributed by atoms with Gasteiger partial charge in [0.1, 0.15) is 0 Å². The second kappa shape index (κ2) is 6.18. The van der Waals surface area contributed by atoms with E-state index >= 15 is 0 Å². The Balaban J connectivity index is 2.48. The molecule has 0 aromatic heterocycles. The quantitative estimate of drug-likeness (QED) is 0.678. The highest BCUT2D eigenvalue weighted by Crippen LogP contribution is 2.12. The van der Waals surface area contributed by atoms with Crippen molar-refractivity contribution >= 4 is 0 Å². The molecule has 0 radical (unpaired) electrons. The maximum Gasteiger partial charge on any atom is 0.0915 e. The largest absolute Gasteiger partial charge is 0.371 e. The Hall–Kier alpha value is -1.48. The molecule has 1 aromatic carbocycles. The van der Waals surface area contributed by atoms with Gasteiger partial charge in [0.15, 0.2) is 0 Å². The zero-order valence-electron chi connectivity index (χ0n) is 10.1. The molecule has 0 unspecified atom stereocenters. The monoisotopic (exact) mass is 219 g/mol. The van der Waals surface area contributed by atoms with Gasteiger partial charge in [-0.05, 0) is 30.5 Å². The molecular formula is C13H21N3. The summed E-state index contributed by atoms with van der Waals surface area (Å²) in [5.74, 6) is 0.825. The molecule has 3 heteroatoms. The van der Waals surface area contributed by atoms with Gasteiger partial charge in [0.2, 0.25) is 0 Å². The fourth-order valence-corrected chi connectivity index (χ4v) is 1.49. The molecule has 1 rings (SSSR count). The zero-order chi connectivity index (χ0) is 12.0. The molecule has 16 heavy (non-hydrogen) atoms. The van der Waals surface area contributed by atoms with Crippen molar-refractivity contribution in [3.05, 3.63) is 47.3 Å². The molecule has 0 atom stereocenters. The third kappa shape index (κ3) is 3.59. The Morgan fingerprint density at radius 1 is 1.31 bits per heavy atom. The maximum atomic E-state index is 5.40. The van der Waals surface area contributed by atoms with Crippen LogP contribution in [0.2, 0.25) is 0 Å². The van der Waals surface area contributed by atoms with E-state index in [9.17, 15) is 0 Å². The summed E-state index contributed by atoms with van der Waals surface area (Å²) in [7, 11) is 0. The molecule has 0 saturated carbocycles. The topological polar surface area (TPSA) is 50.1 Å². The maximum absolute atomic E-state index is 5.40. The van der Waals surface area contributed by atoms with Crippen LogP contribution in [0.5, 0.6) is 0 Å². The first kappa shape index (κ1) is 12.6. The molecular weight excluding hydrogens is 198 g/mol. The minimum absolute atomic E-state index is 0.615. The van der Waals surface area contributed by atoms with Crippen molar-refractivity contribution in [3.8, 4) is 0 Å². The fourth-order valence-electron chi connectivity index (χ4n) is 1.49. The standard InChI is InChI=1S/C13H21N3/c1-10-5-4-6-13(11(10)2)9-16-12(3)15-8-7-14/h4-6,15-16H,3,7-9,14H2,1-2H3. The Morgan fingerprint density at radius 3 is 2.75 bits per heavy atom. The van der Waals surface area contributed by atoms with Crippen molar-refractivity contribution in [1.82, 2.24) is 10.6 Å². The zero-order valence-corrected chi connectivity index (χ0v) is 10.1. The molecule has 4 N–H and O–H groups in total. The molecule has 0 bridgehead atoms. The van der Waals surface area contributed by atoms with Gasteiger partial charge < -0.3 is 16.4 Å². The highest BCUT2D eigenvalue weighted by molar-refractivity contribution is 5.33. The van der Waals surface area contributed by atoms with Gasteiger partial charge in [-0.1, -0.05) is 24.8 Å². The van der Waals surface area contributed by atoms with Gasteiger partial charge in [-0.3, -0.25) is 0 Å². The first-order chi connectivity index (χ1) is 7.65. The molecule has 0 aliphatic rings. The van der Waals surface area contributed by atoms with Crippen LogP contribution in [0.4, 0.5) is 0 Å². The van der Waals surface area contributed by atoms with Gasteiger partial charge >= 0.3 is 0 Å². The van der Waals surface area contributed by atoms with Gasteiger partial charge in [0.05, 0.1) is 5.82 Å². The smallest absolute Gasteiger partial charge is 0.0915 e. The molecule has 0 aliphatic heterocycles. The van der Waals surface area contributed by atoms with E-state index in [1.54, 1.807) is 0 Å². The average molecular weight is 219 g/mol. The summed E-state index contributed by atoms with van der Waals surface area (Å²) in [6.45, 7) is 10.3. The van der Waals surface area contributed by atoms with Crippen LogP contribution in [-0.4, -0.2) is 13.1 Å². The molecule has 0 aliphatic carbocycles. The predicted molar refractivity (Wildman–Crippen MR) is 69.0 cm³/mol. The van der Waals surface area contributed by atoms with Crippen molar-refractivity contribution < 1.29 is 0 Å². The van der Waals surface area contributed by atoms with E-state index < -0.39 is 0 Å². The number of nitrogens with one attached hydrogen (secondary N) is 2. The van der Waals surface area contributed by atoms with E-state index in [1.807, 2.05) is 0 Å². The van der Waals surface area contributed by atoms with Crippen LogP contribution in [0.1, 0.15) is 16.7 Å². The molecule has 0 fully saturated rings. The number of nitrogens with two attached hydrogens (primary N) is 1. The summed E-state index contributed by atoms with van der Waals surface area (Å²) in [5.41, 5.74) is 9.35. The number of hydrogen-bond acceptors (Lipinski definition) is 3. The molecule has 1 aromatic rings. The lowest BCUT2D eigenvalue weighted by Gasteiger charge is -2.13. The molecule has 0 heterocycles. The molecule has 0 amide bonds. The fraction of sp³-hybridized carbons (Fsp3) is 0.385. The van der Waals surface area contributed by atoms with Crippen LogP contribution in [0.3, 0.4) is 0 Å². The highest BCUT2D eigenvalue weighted by Gasteiger charge is 2.00. The minimum Gasteiger partial charge on any atom is -0.371 e. The summed E-state index contributed by atoms with van der Waals surface area (Å²) >= 11 is 0. The van der Waals surface area contributed by atoms with E-state index in [4.69, 9.17) is 5.73 Å². The van der Waals surface area contributed by atoms with Gasteiger partial charge in [-0.25, -0.2) is 0 Å². The number of hydrogen-bond donors (Lipinski definition) is 3. The van der Waals surface area contributed by atoms with E-state index in [0.29, 0.717) is 6.54 Å². The van der Waals surface area contributed by atoms with Crippen molar-refractivity contribution in [3.63, 3.8) is 0 Å². The summed E-state index contributed by atoms with van der Waals surface area (Å²) in [5, 5.41) is 6.35. The number of benzene rings is 1. The van der Waals surface area contributed by atoms with E-state index in [1.165, 1.54) is 16.7 Å². The third-order valence-corrected chi connectivity index (χ3v) is 2.69. The summed E-state index contributed by atoms with van der Waals surface area (Å²) < 4.78 is 0. The SMILES string of the molecule is C=C(NCCN)NCc1cccc(C)c1C. The van der Waals surface area contributed by atoms with E-state index in [-0.39, 0.29) is 0 Å². The molecule has 0 spiro atoms. The Labute approximate surface area is 97.7 Å². The van der Waals surface area contributed by atoms with E-state index in [0.717, 1.165) is 18.9 Å². The van der Waals surface area contributed by atoms with Crippen LogP contribution < -0.4 is 16.4 Å². The van der Waals surface area contributed by atoms with Crippen molar-refractivity contribution in [2.45, 2.75) is 20.4 Å². The van der Waals surface area contributed by atoms with Gasteiger partial charge in [0, 0.05) is 19.6 Å². The Bertz CT molecular complexity index is 358. The normalized spacial score (nSPS) is 9.94. The lowest BCUT2D eigenvalue weighted by molar-refractivity contribution is 0.685.